The smallest absolute Gasteiger partial charge is 0.340 e. The summed E-state index contributed by atoms with van der Waals surface area (Å²) in [7, 11) is 0. The number of anilines is 1. The number of rotatable bonds is 4. The maximum Gasteiger partial charge on any atom is 0.340 e. The van der Waals surface area contributed by atoms with Gasteiger partial charge in [0.2, 0.25) is 0 Å². The van der Waals surface area contributed by atoms with Gasteiger partial charge in [-0.2, -0.15) is 0 Å². The first-order chi connectivity index (χ1) is 10.5. The summed E-state index contributed by atoms with van der Waals surface area (Å²) in [5.41, 5.74) is 0.465. The van der Waals surface area contributed by atoms with Gasteiger partial charge in [0, 0.05) is 5.69 Å². The molecule has 0 atom stereocenters. The molecule has 0 radical (unpaired) electrons. The first-order valence-corrected chi connectivity index (χ1v) is 6.89. The van der Waals surface area contributed by atoms with Crippen LogP contribution < -0.4 is 5.32 Å². The van der Waals surface area contributed by atoms with Crippen LogP contribution >= 0.6 is 23.2 Å². The van der Waals surface area contributed by atoms with E-state index >= 15 is 0 Å². The molecule has 0 aliphatic heterocycles. The number of carbonyl (C=O) groups excluding carboxylic acids is 2. The first kappa shape index (κ1) is 16.3. The normalized spacial score (nSPS) is 10.1. The molecular weight excluding hydrogens is 332 g/mol. The van der Waals surface area contributed by atoms with Crippen LogP contribution in [-0.4, -0.2) is 18.5 Å². The zero-order valence-corrected chi connectivity index (χ0v) is 12.6. The summed E-state index contributed by atoms with van der Waals surface area (Å²) in [5, 5.41) is 2.74. The lowest BCUT2D eigenvalue weighted by Gasteiger charge is -2.08. The van der Waals surface area contributed by atoms with Crippen molar-refractivity contribution < 1.29 is 18.7 Å². The largest absolute Gasteiger partial charge is 0.452 e. The highest BCUT2D eigenvalue weighted by Crippen LogP contribution is 2.25. The molecule has 0 spiro atoms. The Morgan fingerprint density at radius 3 is 2.45 bits per heavy atom. The van der Waals surface area contributed by atoms with E-state index in [2.05, 4.69) is 5.32 Å². The SMILES string of the molecule is O=C(COC(=O)c1cccc(Cl)c1Cl)Nc1ccc(F)cc1. The van der Waals surface area contributed by atoms with Gasteiger partial charge in [-0.25, -0.2) is 9.18 Å². The monoisotopic (exact) mass is 341 g/mol. The Balaban J connectivity index is 1.92. The third kappa shape index (κ3) is 4.19. The predicted octanol–water partition coefficient (Wildman–Crippen LogP) is 3.93. The average molecular weight is 342 g/mol. The number of amides is 1. The summed E-state index contributed by atoms with van der Waals surface area (Å²) in [5.74, 6) is -1.74. The maximum absolute atomic E-state index is 12.7. The third-order valence-corrected chi connectivity index (χ3v) is 3.45. The van der Waals surface area contributed by atoms with Gasteiger partial charge in [-0.3, -0.25) is 4.79 Å². The van der Waals surface area contributed by atoms with E-state index in [1.807, 2.05) is 0 Å². The molecule has 0 aliphatic rings. The Hall–Kier alpha value is -2.11. The molecule has 0 aliphatic carbocycles. The minimum Gasteiger partial charge on any atom is -0.452 e. The number of nitrogens with one attached hydrogen (secondary N) is 1. The molecule has 1 amide bonds. The van der Waals surface area contributed by atoms with Crippen LogP contribution in [0.15, 0.2) is 42.5 Å². The fourth-order valence-electron chi connectivity index (χ4n) is 1.60. The zero-order chi connectivity index (χ0) is 16.1. The second-order valence-electron chi connectivity index (χ2n) is 4.23. The van der Waals surface area contributed by atoms with Crippen LogP contribution in [0, 0.1) is 5.82 Å². The average Bonchev–Trinajstić information content (AvgIpc) is 2.50. The molecule has 2 aromatic carbocycles. The van der Waals surface area contributed by atoms with Crippen LogP contribution in [0.5, 0.6) is 0 Å². The molecule has 2 rings (SSSR count). The van der Waals surface area contributed by atoms with Crippen molar-refractivity contribution in [2.75, 3.05) is 11.9 Å². The molecule has 0 aromatic heterocycles. The lowest BCUT2D eigenvalue weighted by Crippen LogP contribution is -2.21. The van der Waals surface area contributed by atoms with E-state index in [1.165, 1.54) is 36.4 Å². The first-order valence-electron chi connectivity index (χ1n) is 6.14. The number of carbonyl (C=O) groups is 2. The van der Waals surface area contributed by atoms with E-state index < -0.39 is 24.3 Å². The molecular formula is C15H10Cl2FNO3. The van der Waals surface area contributed by atoms with Crippen LogP contribution in [0.3, 0.4) is 0 Å². The molecule has 0 unspecified atom stereocenters. The molecule has 1 N–H and O–H groups in total. The Labute approximate surface area is 135 Å². The van der Waals surface area contributed by atoms with Crippen molar-refractivity contribution in [3.63, 3.8) is 0 Å². The van der Waals surface area contributed by atoms with Crippen LogP contribution in [0.4, 0.5) is 10.1 Å². The van der Waals surface area contributed by atoms with Crippen molar-refractivity contribution in [3.8, 4) is 0 Å². The van der Waals surface area contributed by atoms with E-state index in [0.29, 0.717) is 5.69 Å². The van der Waals surface area contributed by atoms with Crippen molar-refractivity contribution >= 4 is 40.8 Å². The lowest BCUT2D eigenvalue weighted by atomic mass is 10.2. The molecule has 0 saturated heterocycles. The summed E-state index contributed by atoms with van der Waals surface area (Å²) in [6.07, 6.45) is 0. The zero-order valence-electron chi connectivity index (χ0n) is 11.1. The molecule has 0 saturated carbocycles. The molecule has 22 heavy (non-hydrogen) atoms. The third-order valence-electron chi connectivity index (χ3n) is 2.63. The highest BCUT2D eigenvalue weighted by Gasteiger charge is 2.15. The fraction of sp³-hybridized carbons (Fsp3) is 0.0667. The molecule has 0 bridgehead atoms. The quantitative estimate of drug-likeness (QED) is 0.857. The highest BCUT2D eigenvalue weighted by molar-refractivity contribution is 6.43. The van der Waals surface area contributed by atoms with Gasteiger partial charge in [-0.05, 0) is 36.4 Å². The second kappa shape index (κ2) is 7.24. The van der Waals surface area contributed by atoms with Gasteiger partial charge in [-0.1, -0.05) is 29.3 Å². The summed E-state index contributed by atoms with van der Waals surface area (Å²) in [6.45, 7) is -0.501. The van der Waals surface area contributed by atoms with Gasteiger partial charge in [0.15, 0.2) is 6.61 Å². The van der Waals surface area contributed by atoms with Crippen molar-refractivity contribution in [2.45, 2.75) is 0 Å². The van der Waals surface area contributed by atoms with E-state index in [-0.39, 0.29) is 15.6 Å². The van der Waals surface area contributed by atoms with Crippen LogP contribution in [0.2, 0.25) is 10.0 Å². The van der Waals surface area contributed by atoms with Gasteiger partial charge >= 0.3 is 5.97 Å². The predicted molar refractivity (Wildman–Crippen MR) is 81.8 cm³/mol. The fourth-order valence-corrected chi connectivity index (χ4v) is 1.98. The Morgan fingerprint density at radius 1 is 1.09 bits per heavy atom. The van der Waals surface area contributed by atoms with E-state index in [0.717, 1.165) is 0 Å². The van der Waals surface area contributed by atoms with Crippen molar-refractivity contribution in [2.24, 2.45) is 0 Å². The molecule has 4 nitrogen and oxygen atoms in total. The molecule has 7 heteroatoms. The van der Waals surface area contributed by atoms with Gasteiger partial charge in [0.1, 0.15) is 5.82 Å². The molecule has 0 heterocycles. The lowest BCUT2D eigenvalue weighted by molar-refractivity contribution is -0.119. The van der Waals surface area contributed by atoms with Crippen molar-refractivity contribution in [1.29, 1.82) is 0 Å². The van der Waals surface area contributed by atoms with Crippen LogP contribution in [0.1, 0.15) is 10.4 Å². The highest BCUT2D eigenvalue weighted by atomic mass is 35.5. The number of benzene rings is 2. The summed E-state index contributed by atoms with van der Waals surface area (Å²) in [4.78, 5) is 23.5. The number of hydrogen-bond acceptors (Lipinski definition) is 3. The number of hydrogen-bond donors (Lipinski definition) is 1. The Morgan fingerprint density at radius 2 is 1.77 bits per heavy atom. The number of ether oxygens (including phenoxy) is 1. The van der Waals surface area contributed by atoms with Crippen molar-refractivity contribution in [3.05, 3.63) is 63.9 Å². The topological polar surface area (TPSA) is 55.4 Å². The van der Waals surface area contributed by atoms with E-state index in [1.54, 1.807) is 6.07 Å². The standard InChI is InChI=1S/C15H10Cl2FNO3/c16-12-3-1-2-11(14(12)17)15(21)22-8-13(20)19-10-6-4-9(18)5-7-10/h1-7H,8H2,(H,19,20). The maximum atomic E-state index is 12.7. The Kier molecular flexibility index (Phi) is 5.35. The van der Waals surface area contributed by atoms with Gasteiger partial charge in [0.05, 0.1) is 15.6 Å². The summed E-state index contributed by atoms with van der Waals surface area (Å²) < 4.78 is 17.6. The van der Waals surface area contributed by atoms with Crippen LogP contribution in [0.25, 0.3) is 0 Å². The van der Waals surface area contributed by atoms with Gasteiger partial charge < -0.3 is 10.1 Å². The molecule has 0 fully saturated rings. The number of esters is 1. The van der Waals surface area contributed by atoms with Gasteiger partial charge in [0.25, 0.3) is 5.91 Å². The second-order valence-corrected chi connectivity index (χ2v) is 5.02. The van der Waals surface area contributed by atoms with E-state index in [4.69, 9.17) is 27.9 Å². The molecule has 2 aromatic rings. The van der Waals surface area contributed by atoms with Crippen molar-refractivity contribution in [1.82, 2.24) is 0 Å². The van der Waals surface area contributed by atoms with Gasteiger partial charge in [-0.15, -0.1) is 0 Å². The summed E-state index contributed by atoms with van der Waals surface area (Å²) in [6, 6.07) is 9.70. The molecule has 114 valence electrons. The summed E-state index contributed by atoms with van der Waals surface area (Å²) >= 11 is 11.7. The van der Waals surface area contributed by atoms with Crippen LogP contribution in [-0.2, 0) is 9.53 Å². The number of halogens is 3. The minimum absolute atomic E-state index is 0.0631. The minimum atomic E-state index is -0.762. The Bertz CT molecular complexity index is 704. The van der Waals surface area contributed by atoms with E-state index in [9.17, 15) is 14.0 Å².